The van der Waals surface area contributed by atoms with Crippen molar-refractivity contribution in [3.63, 3.8) is 0 Å². The SMILES string of the molecule is CCCNC(c1ccoc1Br)c1cnnn1CCC. The average molecular weight is 327 g/mol. The highest BCUT2D eigenvalue weighted by atomic mass is 79.9. The highest BCUT2D eigenvalue weighted by Gasteiger charge is 2.22. The summed E-state index contributed by atoms with van der Waals surface area (Å²) in [5, 5.41) is 11.7. The Labute approximate surface area is 121 Å². The van der Waals surface area contributed by atoms with Crippen LogP contribution in [0, 0.1) is 0 Å². The topological polar surface area (TPSA) is 55.9 Å². The molecular weight excluding hydrogens is 308 g/mol. The Morgan fingerprint density at radius 2 is 2.26 bits per heavy atom. The van der Waals surface area contributed by atoms with Gasteiger partial charge in [-0.25, -0.2) is 4.68 Å². The van der Waals surface area contributed by atoms with E-state index >= 15 is 0 Å². The molecule has 1 atom stereocenters. The fraction of sp³-hybridized carbons (Fsp3) is 0.538. The monoisotopic (exact) mass is 326 g/mol. The first kappa shape index (κ1) is 14.3. The zero-order chi connectivity index (χ0) is 13.7. The maximum atomic E-state index is 5.35. The van der Waals surface area contributed by atoms with Crippen LogP contribution in [0.5, 0.6) is 0 Å². The summed E-state index contributed by atoms with van der Waals surface area (Å²) in [5.41, 5.74) is 2.14. The summed E-state index contributed by atoms with van der Waals surface area (Å²) in [7, 11) is 0. The van der Waals surface area contributed by atoms with Crippen LogP contribution in [0.1, 0.15) is 44.0 Å². The maximum absolute atomic E-state index is 5.35. The van der Waals surface area contributed by atoms with Crippen LogP contribution in [0.15, 0.2) is 27.6 Å². The third-order valence-electron chi connectivity index (χ3n) is 2.93. The van der Waals surface area contributed by atoms with E-state index in [1.54, 1.807) is 6.26 Å². The number of hydrogen-bond acceptors (Lipinski definition) is 4. The summed E-state index contributed by atoms with van der Waals surface area (Å²) in [4.78, 5) is 0. The van der Waals surface area contributed by atoms with Crippen LogP contribution in [0.2, 0.25) is 0 Å². The summed E-state index contributed by atoms with van der Waals surface area (Å²) < 4.78 is 8.06. The van der Waals surface area contributed by atoms with Gasteiger partial charge in [-0.1, -0.05) is 19.1 Å². The third kappa shape index (κ3) is 3.25. The zero-order valence-corrected chi connectivity index (χ0v) is 12.9. The quantitative estimate of drug-likeness (QED) is 0.849. The van der Waals surface area contributed by atoms with Gasteiger partial charge in [0.05, 0.1) is 24.2 Å². The van der Waals surface area contributed by atoms with E-state index in [2.05, 4.69) is 45.4 Å². The first-order valence-electron chi connectivity index (χ1n) is 6.62. The molecule has 6 heteroatoms. The molecule has 0 aliphatic heterocycles. The molecule has 0 spiro atoms. The lowest BCUT2D eigenvalue weighted by atomic mass is 10.1. The summed E-state index contributed by atoms with van der Waals surface area (Å²) >= 11 is 3.45. The minimum atomic E-state index is 0.0506. The second-order valence-electron chi connectivity index (χ2n) is 4.42. The van der Waals surface area contributed by atoms with Gasteiger partial charge in [-0.2, -0.15) is 0 Å². The Bertz CT molecular complexity index is 508. The number of nitrogens with one attached hydrogen (secondary N) is 1. The molecule has 0 aliphatic carbocycles. The third-order valence-corrected chi connectivity index (χ3v) is 3.58. The number of furan rings is 1. The Kier molecular flexibility index (Phi) is 5.15. The van der Waals surface area contributed by atoms with Gasteiger partial charge in [-0.05, 0) is 41.4 Å². The van der Waals surface area contributed by atoms with Gasteiger partial charge in [0.1, 0.15) is 0 Å². The van der Waals surface area contributed by atoms with Crippen LogP contribution >= 0.6 is 15.9 Å². The van der Waals surface area contributed by atoms with E-state index in [0.717, 1.165) is 41.9 Å². The lowest BCUT2D eigenvalue weighted by Crippen LogP contribution is -2.25. The van der Waals surface area contributed by atoms with Crippen molar-refractivity contribution < 1.29 is 4.42 Å². The van der Waals surface area contributed by atoms with Crippen LogP contribution in [-0.2, 0) is 6.54 Å². The fourth-order valence-electron chi connectivity index (χ4n) is 2.05. The maximum Gasteiger partial charge on any atom is 0.174 e. The average Bonchev–Trinajstić information content (AvgIpc) is 3.01. The van der Waals surface area contributed by atoms with Gasteiger partial charge in [-0.15, -0.1) is 5.10 Å². The molecule has 2 aromatic rings. The van der Waals surface area contributed by atoms with E-state index in [1.807, 2.05) is 16.9 Å². The first-order valence-corrected chi connectivity index (χ1v) is 7.41. The summed E-state index contributed by atoms with van der Waals surface area (Å²) in [6.07, 6.45) is 5.61. The molecule has 19 heavy (non-hydrogen) atoms. The van der Waals surface area contributed by atoms with Gasteiger partial charge in [0.2, 0.25) is 0 Å². The Morgan fingerprint density at radius 3 is 2.89 bits per heavy atom. The molecule has 0 aromatic carbocycles. The zero-order valence-electron chi connectivity index (χ0n) is 11.3. The molecule has 0 amide bonds. The molecule has 0 aliphatic rings. The van der Waals surface area contributed by atoms with E-state index in [0.29, 0.717) is 0 Å². The van der Waals surface area contributed by atoms with Gasteiger partial charge in [-0.3, -0.25) is 0 Å². The van der Waals surface area contributed by atoms with Gasteiger partial charge >= 0.3 is 0 Å². The van der Waals surface area contributed by atoms with Crippen molar-refractivity contribution in [3.05, 3.63) is 34.5 Å². The van der Waals surface area contributed by atoms with Gasteiger partial charge < -0.3 is 9.73 Å². The van der Waals surface area contributed by atoms with Gasteiger partial charge in [0, 0.05) is 12.1 Å². The minimum absolute atomic E-state index is 0.0506. The number of aryl methyl sites for hydroxylation is 1. The molecule has 1 N–H and O–H groups in total. The Balaban J connectivity index is 2.31. The largest absolute Gasteiger partial charge is 0.457 e. The Morgan fingerprint density at radius 1 is 1.42 bits per heavy atom. The normalized spacial score (nSPS) is 12.8. The minimum Gasteiger partial charge on any atom is -0.457 e. The van der Waals surface area contributed by atoms with Crippen molar-refractivity contribution in [3.8, 4) is 0 Å². The molecule has 2 aromatic heterocycles. The van der Waals surface area contributed by atoms with E-state index in [4.69, 9.17) is 4.42 Å². The van der Waals surface area contributed by atoms with Crippen molar-refractivity contribution >= 4 is 15.9 Å². The van der Waals surface area contributed by atoms with Crippen LogP contribution in [0.25, 0.3) is 0 Å². The highest BCUT2D eigenvalue weighted by Crippen LogP contribution is 2.29. The van der Waals surface area contributed by atoms with E-state index in [1.165, 1.54) is 0 Å². The number of aromatic nitrogens is 3. The van der Waals surface area contributed by atoms with Crippen LogP contribution in [0.4, 0.5) is 0 Å². The van der Waals surface area contributed by atoms with Crippen LogP contribution in [0.3, 0.4) is 0 Å². The molecule has 2 heterocycles. The predicted octanol–water partition coefficient (Wildman–Crippen LogP) is 3.13. The molecule has 0 saturated carbocycles. The smallest absolute Gasteiger partial charge is 0.174 e. The standard InChI is InChI=1S/C13H19BrN4O/c1-3-6-15-12(10-5-8-19-13(10)14)11-9-16-17-18(11)7-4-2/h5,8-9,12,15H,3-4,6-7H2,1-2H3. The second kappa shape index (κ2) is 6.86. The van der Waals surface area contributed by atoms with Crippen molar-refractivity contribution in [1.82, 2.24) is 20.3 Å². The van der Waals surface area contributed by atoms with Crippen molar-refractivity contribution in [2.75, 3.05) is 6.54 Å². The fourth-order valence-corrected chi connectivity index (χ4v) is 2.52. The summed E-state index contributed by atoms with van der Waals surface area (Å²) in [6.45, 7) is 6.08. The number of nitrogens with zero attached hydrogens (tertiary/aromatic N) is 3. The Hall–Kier alpha value is -1.14. The molecule has 1 unspecified atom stereocenters. The summed E-state index contributed by atoms with van der Waals surface area (Å²) in [5.74, 6) is 0. The number of halogens is 1. The van der Waals surface area contributed by atoms with Crippen LogP contribution < -0.4 is 5.32 Å². The summed E-state index contributed by atoms with van der Waals surface area (Å²) in [6, 6.07) is 2.02. The molecule has 0 bridgehead atoms. The molecule has 0 fully saturated rings. The lowest BCUT2D eigenvalue weighted by molar-refractivity contribution is 0.490. The van der Waals surface area contributed by atoms with Gasteiger partial charge in [0.25, 0.3) is 0 Å². The van der Waals surface area contributed by atoms with E-state index < -0.39 is 0 Å². The predicted molar refractivity (Wildman–Crippen MR) is 76.9 cm³/mol. The molecular formula is C13H19BrN4O. The molecule has 104 valence electrons. The van der Waals surface area contributed by atoms with Crippen molar-refractivity contribution in [1.29, 1.82) is 0 Å². The number of hydrogen-bond donors (Lipinski definition) is 1. The van der Waals surface area contributed by atoms with Crippen LogP contribution in [-0.4, -0.2) is 21.5 Å². The van der Waals surface area contributed by atoms with Crippen molar-refractivity contribution in [2.45, 2.75) is 39.3 Å². The molecule has 2 rings (SSSR count). The van der Waals surface area contributed by atoms with Crippen molar-refractivity contribution in [2.24, 2.45) is 0 Å². The molecule has 0 saturated heterocycles. The van der Waals surface area contributed by atoms with E-state index in [9.17, 15) is 0 Å². The lowest BCUT2D eigenvalue weighted by Gasteiger charge is -2.18. The molecule has 0 radical (unpaired) electrons. The second-order valence-corrected chi connectivity index (χ2v) is 5.14. The van der Waals surface area contributed by atoms with Gasteiger partial charge in [0.15, 0.2) is 4.67 Å². The van der Waals surface area contributed by atoms with E-state index in [-0.39, 0.29) is 6.04 Å². The molecule has 5 nitrogen and oxygen atoms in total. The number of rotatable bonds is 7. The highest BCUT2D eigenvalue weighted by molar-refractivity contribution is 9.10. The first-order chi connectivity index (χ1) is 9.27.